The smallest absolute Gasteiger partial charge is 0.0624 e. The van der Waals surface area contributed by atoms with Crippen LogP contribution in [-0.2, 0) is 19.4 Å². The first-order valence-corrected chi connectivity index (χ1v) is 7.99. The van der Waals surface area contributed by atoms with E-state index in [9.17, 15) is 0 Å². The summed E-state index contributed by atoms with van der Waals surface area (Å²) in [4.78, 5) is 0.591. The van der Waals surface area contributed by atoms with Gasteiger partial charge in [0.15, 0.2) is 0 Å². The van der Waals surface area contributed by atoms with E-state index in [0.717, 1.165) is 19.4 Å². The fourth-order valence-electron chi connectivity index (χ4n) is 2.06. The van der Waals surface area contributed by atoms with Gasteiger partial charge < -0.3 is 0 Å². The van der Waals surface area contributed by atoms with Gasteiger partial charge in [0.05, 0.1) is 5.69 Å². The van der Waals surface area contributed by atoms with Gasteiger partial charge in [0.25, 0.3) is 0 Å². The van der Waals surface area contributed by atoms with E-state index in [1.807, 2.05) is 0 Å². The number of halogens is 1. The van der Waals surface area contributed by atoms with Crippen LogP contribution in [0.3, 0.4) is 0 Å². The van der Waals surface area contributed by atoms with Gasteiger partial charge in [0.1, 0.15) is 0 Å². The highest BCUT2D eigenvalue weighted by atomic mass is 79.9. The molecule has 0 spiro atoms. The number of hydrogen-bond acceptors (Lipinski definition) is 1. The molecule has 1 atom stereocenters. The van der Waals surface area contributed by atoms with Crippen LogP contribution in [0.5, 0.6) is 0 Å². The number of aryl methyl sites for hydroxylation is 3. The lowest BCUT2D eigenvalue weighted by Gasteiger charge is -2.25. The van der Waals surface area contributed by atoms with Crippen molar-refractivity contribution in [1.82, 2.24) is 9.78 Å². The third kappa shape index (κ3) is 4.42. The molecule has 1 unspecified atom stereocenters. The Morgan fingerprint density at radius 1 is 1.33 bits per heavy atom. The highest BCUT2D eigenvalue weighted by Gasteiger charge is 2.21. The van der Waals surface area contributed by atoms with Crippen molar-refractivity contribution in [2.24, 2.45) is 5.41 Å². The summed E-state index contributed by atoms with van der Waals surface area (Å²) in [6.07, 6.45) is 4.62. The first-order valence-electron chi connectivity index (χ1n) is 7.08. The van der Waals surface area contributed by atoms with Crippen LogP contribution in [-0.4, -0.2) is 14.6 Å². The van der Waals surface area contributed by atoms with Crippen molar-refractivity contribution >= 4 is 15.9 Å². The average Bonchev–Trinajstić information content (AvgIpc) is 2.70. The maximum Gasteiger partial charge on any atom is 0.0624 e. The van der Waals surface area contributed by atoms with Crippen LogP contribution in [0.4, 0.5) is 0 Å². The first-order chi connectivity index (χ1) is 8.38. The van der Waals surface area contributed by atoms with Crippen molar-refractivity contribution in [3.8, 4) is 0 Å². The lowest BCUT2D eigenvalue weighted by atomic mass is 9.89. The summed E-state index contributed by atoms with van der Waals surface area (Å²) in [7, 11) is 0. The molecule has 1 aromatic heterocycles. The Hall–Kier alpha value is -0.310. The van der Waals surface area contributed by atoms with E-state index in [1.165, 1.54) is 24.2 Å². The molecule has 0 N–H and O–H groups in total. The standard InChI is InChI=1S/C15H27BrN2/c1-6-12-11-13(18(7-2)17-12)9-8-10-14(16)15(3,4)5/h11,14H,6-10H2,1-5H3. The third-order valence-electron chi connectivity index (χ3n) is 3.41. The Labute approximate surface area is 120 Å². The van der Waals surface area contributed by atoms with Gasteiger partial charge in [0, 0.05) is 17.1 Å². The maximum absolute atomic E-state index is 4.60. The van der Waals surface area contributed by atoms with Crippen molar-refractivity contribution < 1.29 is 0 Å². The van der Waals surface area contributed by atoms with Gasteiger partial charge in [-0.15, -0.1) is 0 Å². The van der Waals surface area contributed by atoms with Crippen LogP contribution in [0.25, 0.3) is 0 Å². The molecule has 0 saturated heterocycles. The molecule has 2 nitrogen and oxygen atoms in total. The Kier molecular flexibility index (Phi) is 5.90. The van der Waals surface area contributed by atoms with Crippen LogP contribution in [0, 0.1) is 5.41 Å². The van der Waals surface area contributed by atoms with Crippen LogP contribution in [0.1, 0.15) is 58.8 Å². The average molecular weight is 315 g/mol. The minimum absolute atomic E-state index is 0.347. The number of hydrogen-bond donors (Lipinski definition) is 0. The van der Waals surface area contributed by atoms with Crippen LogP contribution in [0.2, 0.25) is 0 Å². The minimum Gasteiger partial charge on any atom is -0.270 e. The third-order valence-corrected chi connectivity index (χ3v) is 5.24. The Balaban J connectivity index is 2.51. The van der Waals surface area contributed by atoms with Gasteiger partial charge in [-0.25, -0.2) is 0 Å². The number of aromatic nitrogens is 2. The van der Waals surface area contributed by atoms with Gasteiger partial charge in [0.2, 0.25) is 0 Å². The molecule has 18 heavy (non-hydrogen) atoms. The fraction of sp³-hybridized carbons (Fsp3) is 0.800. The minimum atomic E-state index is 0.347. The van der Waals surface area contributed by atoms with E-state index in [2.05, 4.69) is 66.4 Å². The number of nitrogens with zero attached hydrogens (tertiary/aromatic N) is 2. The number of alkyl halides is 1. The molecular weight excluding hydrogens is 288 g/mol. The molecule has 0 aliphatic rings. The normalized spacial score (nSPS) is 13.9. The first kappa shape index (κ1) is 15.7. The van der Waals surface area contributed by atoms with Crippen molar-refractivity contribution in [3.63, 3.8) is 0 Å². The van der Waals surface area contributed by atoms with Crippen molar-refractivity contribution in [2.75, 3.05) is 0 Å². The topological polar surface area (TPSA) is 17.8 Å². The number of rotatable bonds is 6. The van der Waals surface area contributed by atoms with Gasteiger partial charge in [-0.2, -0.15) is 5.10 Å². The Morgan fingerprint density at radius 3 is 2.50 bits per heavy atom. The van der Waals surface area contributed by atoms with E-state index in [0.29, 0.717) is 10.2 Å². The van der Waals surface area contributed by atoms with Gasteiger partial charge in [-0.05, 0) is 44.1 Å². The lowest BCUT2D eigenvalue weighted by molar-refractivity contribution is 0.379. The highest BCUT2D eigenvalue weighted by Crippen LogP contribution is 2.30. The molecule has 0 amide bonds. The van der Waals surface area contributed by atoms with Crippen molar-refractivity contribution in [3.05, 3.63) is 17.5 Å². The Morgan fingerprint density at radius 2 is 2.00 bits per heavy atom. The van der Waals surface area contributed by atoms with E-state index in [1.54, 1.807) is 0 Å². The van der Waals surface area contributed by atoms with Gasteiger partial charge in [-0.3, -0.25) is 4.68 Å². The van der Waals surface area contributed by atoms with Gasteiger partial charge >= 0.3 is 0 Å². The van der Waals surface area contributed by atoms with E-state index in [-0.39, 0.29) is 0 Å². The molecule has 0 radical (unpaired) electrons. The van der Waals surface area contributed by atoms with E-state index >= 15 is 0 Å². The zero-order chi connectivity index (χ0) is 13.8. The Bertz CT molecular complexity index is 363. The molecule has 1 heterocycles. The van der Waals surface area contributed by atoms with Gasteiger partial charge in [-0.1, -0.05) is 43.6 Å². The molecule has 1 rings (SSSR count). The summed E-state index contributed by atoms with van der Waals surface area (Å²) < 4.78 is 2.15. The predicted octanol–water partition coefficient (Wildman–Crippen LogP) is 4.60. The largest absolute Gasteiger partial charge is 0.270 e. The fourth-order valence-corrected chi connectivity index (χ4v) is 2.38. The summed E-state index contributed by atoms with van der Waals surface area (Å²) in [5.74, 6) is 0. The molecule has 0 bridgehead atoms. The second-order valence-corrected chi connectivity index (χ2v) is 7.13. The van der Waals surface area contributed by atoms with Crippen LogP contribution < -0.4 is 0 Å². The summed E-state index contributed by atoms with van der Waals surface area (Å²) in [6, 6.07) is 2.27. The summed E-state index contributed by atoms with van der Waals surface area (Å²) >= 11 is 3.80. The van der Waals surface area contributed by atoms with Crippen molar-refractivity contribution in [2.45, 2.75) is 71.7 Å². The molecular formula is C15H27BrN2. The zero-order valence-corrected chi connectivity index (χ0v) is 14.0. The molecule has 0 aliphatic carbocycles. The van der Waals surface area contributed by atoms with Crippen LogP contribution in [0.15, 0.2) is 6.07 Å². The molecule has 0 aliphatic heterocycles. The van der Waals surface area contributed by atoms with Crippen LogP contribution >= 0.6 is 15.9 Å². The lowest BCUT2D eigenvalue weighted by Crippen LogP contribution is -2.20. The molecule has 0 fully saturated rings. The van der Waals surface area contributed by atoms with E-state index < -0.39 is 0 Å². The molecule has 0 saturated carbocycles. The highest BCUT2D eigenvalue weighted by molar-refractivity contribution is 9.09. The summed E-state index contributed by atoms with van der Waals surface area (Å²) in [5, 5.41) is 4.60. The summed E-state index contributed by atoms with van der Waals surface area (Å²) in [5.41, 5.74) is 2.96. The molecule has 104 valence electrons. The molecule has 0 aromatic carbocycles. The van der Waals surface area contributed by atoms with E-state index in [4.69, 9.17) is 0 Å². The quantitative estimate of drug-likeness (QED) is 0.702. The van der Waals surface area contributed by atoms with Crippen molar-refractivity contribution in [1.29, 1.82) is 0 Å². The zero-order valence-electron chi connectivity index (χ0n) is 12.5. The monoisotopic (exact) mass is 314 g/mol. The second kappa shape index (κ2) is 6.74. The predicted molar refractivity (Wildman–Crippen MR) is 82.4 cm³/mol. The summed E-state index contributed by atoms with van der Waals surface area (Å²) in [6.45, 7) is 12.2. The molecule has 1 aromatic rings. The SMILES string of the molecule is CCc1cc(CCCC(Br)C(C)(C)C)n(CC)n1. The second-order valence-electron chi connectivity index (χ2n) is 6.02. The maximum atomic E-state index is 4.60. The molecule has 3 heteroatoms.